The molecule has 0 heterocycles. The molecule has 0 aromatic heterocycles. The quantitative estimate of drug-likeness (QED) is 0.849. The zero-order valence-electron chi connectivity index (χ0n) is 13.7. The third-order valence-electron chi connectivity index (χ3n) is 3.48. The summed E-state index contributed by atoms with van der Waals surface area (Å²) in [7, 11) is 0. The summed E-state index contributed by atoms with van der Waals surface area (Å²) in [6, 6.07) is 13.4. The molecule has 0 aliphatic carbocycles. The molecule has 2 aromatic rings. The molecule has 23 heavy (non-hydrogen) atoms. The fraction of sp³-hybridized carbons (Fsp3) is 0.316. The summed E-state index contributed by atoms with van der Waals surface area (Å²) in [5.74, 6) is 0.175. The van der Waals surface area contributed by atoms with Crippen molar-refractivity contribution in [2.45, 2.75) is 26.2 Å². The van der Waals surface area contributed by atoms with Gasteiger partial charge >= 0.3 is 0 Å². The minimum atomic E-state index is -0.358. The second kappa shape index (κ2) is 7.27. The van der Waals surface area contributed by atoms with Crippen LogP contribution < -0.4 is 10.1 Å². The molecule has 4 heteroatoms. The predicted molar refractivity (Wildman–Crippen MR) is 89.4 cm³/mol. The van der Waals surface area contributed by atoms with Crippen molar-refractivity contribution < 1.29 is 13.9 Å². The molecule has 122 valence electrons. The van der Waals surface area contributed by atoms with Crippen molar-refractivity contribution >= 4 is 5.91 Å². The average Bonchev–Trinajstić information content (AvgIpc) is 2.51. The van der Waals surface area contributed by atoms with Crippen LogP contribution in [0.15, 0.2) is 48.5 Å². The first kappa shape index (κ1) is 17.0. The second-order valence-electron chi connectivity index (χ2n) is 6.39. The summed E-state index contributed by atoms with van der Waals surface area (Å²) in [4.78, 5) is 11.8. The van der Waals surface area contributed by atoms with Gasteiger partial charge < -0.3 is 10.1 Å². The molecule has 1 amide bonds. The number of amides is 1. The predicted octanol–water partition coefficient (Wildman–Crippen LogP) is 3.93. The van der Waals surface area contributed by atoms with Crippen LogP contribution in [-0.4, -0.2) is 19.1 Å². The molecule has 0 spiro atoms. The Bertz CT molecular complexity index is 643. The number of carbonyl (C=O) groups excluding carboxylic acids is 1. The molecule has 2 aromatic carbocycles. The molecule has 0 bridgehead atoms. The van der Waals surface area contributed by atoms with Gasteiger partial charge in [-0.05, 0) is 47.4 Å². The van der Waals surface area contributed by atoms with Crippen molar-refractivity contribution in [3.63, 3.8) is 0 Å². The molecule has 0 unspecified atom stereocenters. The van der Waals surface area contributed by atoms with E-state index in [0.29, 0.717) is 18.7 Å². The molecule has 0 saturated carbocycles. The first-order valence-corrected chi connectivity index (χ1v) is 7.63. The number of ether oxygens (including phenoxy) is 1. The van der Waals surface area contributed by atoms with Crippen LogP contribution in [0, 0.1) is 5.82 Å². The molecular formula is C19H22FNO2. The van der Waals surface area contributed by atoms with Crippen LogP contribution >= 0.6 is 0 Å². The largest absolute Gasteiger partial charge is 0.492 e. The van der Waals surface area contributed by atoms with Crippen LogP contribution in [0.4, 0.5) is 4.39 Å². The highest BCUT2D eigenvalue weighted by molar-refractivity contribution is 5.94. The third kappa shape index (κ3) is 5.09. The van der Waals surface area contributed by atoms with E-state index in [9.17, 15) is 9.18 Å². The Kier molecular flexibility index (Phi) is 5.37. The molecule has 0 aliphatic heterocycles. The highest BCUT2D eigenvalue weighted by Crippen LogP contribution is 2.24. The Morgan fingerprint density at radius 2 is 1.65 bits per heavy atom. The number of carbonyl (C=O) groups is 1. The van der Waals surface area contributed by atoms with E-state index >= 15 is 0 Å². The Morgan fingerprint density at radius 1 is 1.04 bits per heavy atom. The fourth-order valence-electron chi connectivity index (χ4n) is 2.09. The van der Waals surface area contributed by atoms with Crippen molar-refractivity contribution in [3.8, 4) is 5.75 Å². The van der Waals surface area contributed by atoms with E-state index in [1.54, 1.807) is 0 Å². The van der Waals surface area contributed by atoms with Crippen molar-refractivity contribution in [2.75, 3.05) is 13.2 Å². The topological polar surface area (TPSA) is 38.3 Å². The Labute approximate surface area is 136 Å². The van der Waals surface area contributed by atoms with Crippen LogP contribution in [0.25, 0.3) is 0 Å². The lowest BCUT2D eigenvalue weighted by atomic mass is 9.87. The van der Waals surface area contributed by atoms with Gasteiger partial charge in [0.1, 0.15) is 18.2 Å². The van der Waals surface area contributed by atoms with Crippen molar-refractivity contribution in [1.29, 1.82) is 0 Å². The summed E-state index contributed by atoms with van der Waals surface area (Å²) >= 11 is 0. The van der Waals surface area contributed by atoms with Gasteiger partial charge in [0.05, 0.1) is 6.54 Å². The molecule has 0 radical (unpaired) electrons. The summed E-state index contributed by atoms with van der Waals surface area (Å²) in [5, 5.41) is 2.74. The summed E-state index contributed by atoms with van der Waals surface area (Å²) in [5.41, 5.74) is 1.79. The van der Waals surface area contributed by atoms with Crippen molar-refractivity contribution in [2.24, 2.45) is 0 Å². The van der Waals surface area contributed by atoms with Gasteiger partial charge in [-0.1, -0.05) is 32.9 Å². The maximum Gasteiger partial charge on any atom is 0.251 e. The number of hydrogen-bond donors (Lipinski definition) is 1. The average molecular weight is 315 g/mol. The highest BCUT2D eigenvalue weighted by atomic mass is 19.1. The first-order chi connectivity index (χ1) is 10.9. The summed E-state index contributed by atoms with van der Waals surface area (Å²) in [6.45, 7) is 7.24. The number of hydrogen-bond acceptors (Lipinski definition) is 2. The molecule has 2 rings (SSSR count). The number of nitrogens with one attached hydrogen (secondary N) is 1. The van der Waals surface area contributed by atoms with Crippen LogP contribution in [0.2, 0.25) is 0 Å². The Morgan fingerprint density at radius 3 is 2.22 bits per heavy atom. The molecule has 0 aliphatic rings. The normalized spacial score (nSPS) is 11.1. The second-order valence-corrected chi connectivity index (χ2v) is 6.39. The molecular weight excluding hydrogens is 293 g/mol. The number of rotatable bonds is 5. The van der Waals surface area contributed by atoms with E-state index in [1.807, 2.05) is 24.3 Å². The summed E-state index contributed by atoms with van der Waals surface area (Å²) < 4.78 is 18.4. The van der Waals surface area contributed by atoms with Crippen LogP contribution in [0.5, 0.6) is 5.75 Å². The monoisotopic (exact) mass is 315 g/mol. The Hall–Kier alpha value is -2.36. The van der Waals surface area contributed by atoms with E-state index < -0.39 is 0 Å². The van der Waals surface area contributed by atoms with Crippen LogP contribution in [0.1, 0.15) is 36.7 Å². The Balaban J connectivity index is 1.77. The van der Waals surface area contributed by atoms with Gasteiger partial charge in [0.15, 0.2) is 0 Å². The van der Waals surface area contributed by atoms with Gasteiger partial charge in [0, 0.05) is 5.56 Å². The van der Waals surface area contributed by atoms with E-state index in [0.717, 1.165) is 5.75 Å². The van der Waals surface area contributed by atoms with E-state index in [1.165, 1.54) is 29.8 Å². The molecule has 1 N–H and O–H groups in total. The first-order valence-electron chi connectivity index (χ1n) is 7.63. The van der Waals surface area contributed by atoms with E-state index in [2.05, 4.69) is 26.1 Å². The minimum Gasteiger partial charge on any atom is -0.492 e. The minimum absolute atomic E-state index is 0.113. The van der Waals surface area contributed by atoms with E-state index in [-0.39, 0.29) is 17.1 Å². The van der Waals surface area contributed by atoms with Gasteiger partial charge in [-0.2, -0.15) is 0 Å². The van der Waals surface area contributed by atoms with Crippen molar-refractivity contribution in [1.82, 2.24) is 5.32 Å². The number of halogens is 1. The van der Waals surface area contributed by atoms with E-state index in [4.69, 9.17) is 4.74 Å². The van der Waals surface area contributed by atoms with Crippen molar-refractivity contribution in [3.05, 3.63) is 65.5 Å². The lowest BCUT2D eigenvalue weighted by Crippen LogP contribution is -2.28. The maximum atomic E-state index is 12.8. The molecule has 0 fully saturated rings. The zero-order chi connectivity index (χ0) is 16.9. The fourth-order valence-corrected chi connectivity index (χ4v) is 2.09. The number of benzene rings is 2. The smallest absolute Gasteiger partial charge is 0.251 e. The standard InChI is InChI=1S/C19H22FNO2/c1-19(2,3)15-6-10-17(11-7-15)23-13-12-21-18(22)14-4-8-16(20)9-5-14/h4-11H,12-13H2,1-3H3,(H,21,22). The van der Waals surface area contributed by atoms with Crippen LogP contribution in [-0.2, 0) is 5.41 Å². The van der Waals surface area contributed by atoms with Gasteiger partial charge in [-0.25, -0.2) is 4.39 Å². The lowest BCUT2D eigenvalue weighted by molar-refractivity contribution is 0.0947. The third-order valence-corrected chi connectivity index (χ3v) is 3.48. The molecule has 0 saturated heterocycles. The molecule has 0 atom stereocenters. The van der Waals surface area contributed by atoms with Gasteiger partial charge in [0.25, 0.3) is 5.91 Å². The highest BCUT2D eigenvalue weighted by Gasteiger charge is 2.12. The lowest BCUT2D eigenvalue weighted by Gasteiger charge is -2.19. The molecule has 3 nitrogen and oxygen atoms in total. The van der Waals surface area contributed by atoms with Gasteiger partial charge in [-0.15, -0.1) is 0 Å². The maximum absolute atomic E-state index is 12.8. The SMILES string of the molecule is CC(C)(C)c1ccc(OCCNC(=O)c2ccc(F)cc2)cc1. The van der Waals surface area contributed by atoms with Gasteiger partial charge in [-0.3, -0.25) is 4.79 Å². The van der Waals surface area contributed by atoms with Crippen LogP contribution in [0.3, 0.4) is 0 Å². The zero-order valence-corrected chi connectivity index (χ0v) is 13.7. The summed E-state index contributed by atoms with van der Waals surface area (Å²) in [6.07, 6.45) is 0. The van der Waals surface area contributed by atoms with Gasteiger partial charge in [0.2, 0.25) is 0 Å².